The van der Waals surface area contributed by atoms with E-state index < -0.39 is 34.7 Å². The van der Waals surface area contributed by atoms with Gasteiger partial charge in [-0.3, -0.25) is 14.9 Å². The van der Waals surface area contributed by atoms with Crippen LogP contribution in [-0.4, -0.2) is 28.8 Å². The van der Waals surface area contributed by atoms with E-state index in [1.165, 1.54) is 12.3 Å². The van der Waals surface area contributed by atoms with Crippen LogP contribution in [0, 0.1) is 13.7 Å². The number of amides is 1. The summed E-state index contributed by atoms with van der Waals surface area (Å²) in [5.41, 5.74) is 0.491. The van der Waals surface area contributed by atoms with E-state index >= 15 is 0 Å². The first kappa shape index (κ1) is 23.4. The molecular formula is C18H15F3IN3O5. The molecule has 2 rings (SSSR count). The highest BCUT2D eigenvalue weighted by Gasteiger charge is 2.33. The number of carbonyl (C=O) groups is 1. The summed E-state index contributed by atoms with van der Waals surface area (Å²) in [7, 11) is 0. The fraction of sp³-hybridized carbons (Fsp3) is 0.222. The monoisotopic (exact) mass is 537 g/mol. The van der Waals surface area contributed by atoms with E-state index in [0.717, 1.165) is 6.07 Å². The van der Waals surface area contributed by atoms with Crippen molar-refractivity contribution < 1.29 is 32.7 Å². The number of halogens is 4. The zero-order valence-electron chi connectivity index (χ0n) is 15.4. The van der Waals surface area contributed by atoms with Gasteiger partial charge in [0, 0.05) is 11.6 Å². The molecule has 0 aromatic heterocycles. The van der Waals surface area contributed by atoms with Gasteiger partial charge in [-0.25, -0.2) is 5.43 Å². The van der Waals surface area contributed by atoms with E-state index in [4.69, 9.17) is 4.74 Å². The highest BCUT2D eigenvalue weighted by Crippen LogP contribution is 2.33. The maximum Gasteiger partial charge on any atom is 0.416 e. The van der Waals surface area contributed by atoms with Crippen molar-refractivity contribution in [3.63, 3.8) is 0 Å². The van der Waals surface area contributed by atoms with Gasteiger partial charge in [0.1, 0.15) is 0 Å². The molecule has 0 saturated heterocycles. The summed E-state index contributed by atoms with van der Waals surface area (Å²) in [5, 5.41) is 24.7. The van der Waals surface area contributed by atoms with Gasteiger partial charge in [0.2, 0.25) is 5.91 Å². The number of benzene rings is 2. The quantitative estimate of drug-likeness (QED) is 0.240. The van der Waals surface area contributed by atoms with Crippen molar-refractivity contribution in [2.24, 2.45) is 5.10 Å². The van der Waals surface area contributed by atoms with Crippen molar-refractivity contribution in [1.29, 1.82) is 0 Å². The summed E-state index contributed by atoms with van der Waals surface area (Å²) in [4.78, 5) is 22.1. The smallest absolute Gasteiger partial charge is 0.416 e. The molecule has 1 amide bonds. The lowest BCUT2D eigenvalue weighted by Gasteiger charge is -2.09. The molecule has 2 N–H and O–H groups in total. The number of ether oxygens (including phenoxy) is 1. The highest BCUT2D eigenvalue weighted by atomic mass is 127. The SMILES string of the molecule is CCOc1cc(/C=N/NC(=O)Cc2ccc(C(F)(F)F)cc2[N+](=O)[O-])cc(I)c1O. The summed E-state index contributed by atoms with van der Waals surface area (Å²) < 4.78 is 44.0. The van der Waals surface area contributed by atoms with Crippen molar-refractivity contribution in [2.75, 3.05) is 6.61 Å². The third kappa shape index (κ3) is 6.05. The average molecular weight is 537 g/mol. The summed E-state index contributed by atoms with van der Waals surface area (Å²) in [6.07, 6.45) is -4.01. The summed E-state index contributed by atoms with van der Waals surface area (Å²) >= 11 is 1.89. The fourth-order valence-corrected chi connectivity index (χ4v) is 3.01. The van der Waals surface area contributed by atoms with Crippen LogP contribution in [0.25, 0.3) is 0 Å². The Balaban J connectivity index is 2.12. The molecule has 0 saturated carbocycles. The van der Waals surface area contributed by atoms with Crippen LogP contribution in [0.1, 0.15) is 23.6 Å². The Morgan fingerprint density at radius 1 is 1.37 bits per heavy atom. The van der Waals surface area contributed by atoms with Crippen LogP contribution in [-0.2, 0) is 17.4 Å². The van der Waals surface area contributed by atoms with Crippen molar-refractivity contribution >= 4 is 40.4 Å². The van der Waals surface area contributed by atoms with Gasteiger partial charge in [0.25, 0.3) is 5.69 Å². The van der Waals surface area contributed by atoms with Gasteiger partial charge in [-0.2, -0.15) is 18.3 Å². The largest absolute Gasteiger partial charge is 0.504 e. The van der Waals surface area contributed by atoms with Gasteiger partial charge in [0.05, 0.1) is 33.3 Å². The van der Waals surface area contributed by atoms with Crippen LogP contribution in [0.3, 0.4) is 0 Å². The van der Waals surface area contributed by atoms with E-state index in [1.54, 1.807) is 13.0 Å². The van der Waals surface area contributed by atoms with Gasteiger partial charge in [-0.15, -0.1) is 0 Å². The Labute approximate surface area is 182 Å². The molecule has 0 aliphatic rings. The molecule has 0 bridgehead atoms. The predicted molar refractivity (Wildman–Crippen MR) is 110 cm³/mol. The van der Waals surface area contributed by atoms with E-state index in [1.807, 2.05) is 22.6 Å². The Morgan fingerprint density at radius 3 is 2.67 bits per heavy atom. The Bertz CT molecular complexity index is 996. The van der Waals surface area contributed by atoms with Crippen molar-refractivity contribution in [3.05, 3.63) is 60.7 Å². The van der Waals surface area contributed by atoms with Gasteiger partial charge >= 0.3 is 6.18 Å². The molecule has 0 atom stereocenters. The fourth-order valence-electron chi connectivity index (χ4n) is 2.38. The number of rotatable bonds is 7. The second-order valence-electron chi connectivity index (χ2n) is 5.85. The van der Waals surface area contributed by atoms with E-state index in [-0.39, 0.29) is 17.1 Å². The third-order valence-corrected chi connectivity index (χ3v) is 4.54. The van der Waals surface area contributed by atoms with Crippen LogP contribution in [0.4, 0.5) is 18.9 Å². The minimum Gasteiger partial charge on any atom is -0.504 e. The zero-order chi connectivity index (χ0) is 22.5. The molecule has 2 aromatic carbocycles. The standard InChI is InChI=1S/C18H15F3IN3O5/c1-2-30-15-6-10(5-13(22)17(15)27)9-23-24-16(26)7-11-3-4-12(18(19,20)21)8-14(11)25(28)29/h3-6,8-9,27H,2,7H2,1H3,(H,24,26)/b23-9+. The lowest BCUT2D eigenvalue weighted by atomic mass is 10.1. The molecule has 0 spiro atoms. The Hall–Kier alpha value is -2.90. The number of alkyl halides is 3. The summed E-state index contributed by atoms with van der Waals surface area (Å²) in [6.45, 7) is 2.07. The Kier molecular flexibility index (Phi) is 7.59. The maximum atomic E-state index is 12.7. The number of phenols is 1. The molecule has 0 radical (unpaired) electrons. The maximum absolute atomic E-state index is 12.7. The van der Waals surface area contributed by atoms with E-state index in [9.17, 15) is 33.2 Å². The second kappa shape index (κ2) is 9.73. The molecule has 12 heteroatoms. The van der Waals surface area contributed by atoms with Crippen LogP contribution >= 0.6 is 22.6 Å². The lowest BCUT2D eigenvalue weighted by Crippen LogP contribution is -2.20. The lowest BCUT2D eigenvalue weighted by molar-refractivity contribution is -0.385. The Morgan fingerprint density at radius 2 is 2.07 bits per heavy atom. The summed E-state index contributed by atoms with van der Waals surface area (Å²) in [5.74, 6) is -0.557. The van der Waals surface area contributed by atoms with Crippen LogP contribution in [0.15, 0.2) is 35.4 Å². The number of hydrogen-bond donors (Lipinski definition) is 2. The first-order valence-electron chi connectivity index (χ1n) is 8.34. The molecule has 0 aliphatic carbocycles. The number of aromatic hydroxyl groups is 1. The van der Waals surface area contributed by atoms with Gasteiger partial charge < -0.3 is 9.84 Å². The number of nitro benzene ring substituents is 1. The molecule has 0 fully saturated rings. The van der Waals surface area contributed by atoms with Crippen molar-refractivity contribution in [1.82, 2.24) is 5.43 Å². The minimum absolute atomic E-state index is 0.0340. The minimum atomic E-state index is -4.74. The average Bonchev–Trinajstić information content (AvgIpc) is 2.65. The van der Waals surface area contributed by atoms with Gasteiger partial charge in [-0.05, 0) is 53.3 Å². The van der Waals surface area contributed by atoms with Crippen molar-refractivity contribution in [2.45, 2.75) is 19.5 Å². The topological polar surface area (TPSA) is 114 Å². The molecule has 30 heavy (non-hydrogen) atoms. The normalized spacial score (nSPS) is 11.5. The highest BCUT2D eigenvalue weighted by molar-refractivity contribution is 14.1. The van der Waals surface area contributed by atoms with E-state index in [2.05, 4.69) is 10.5 Å². The molecule has 0 unspecified atom stereocenters. The predicted octanol–water partition coefficient (Wildman–Crippen LogP) is 4.02. The molecular weight excluding hydrogens is 522 g/mol. The molecule has 0 aliphatic heterocycles. The van der Waals surface area contributed by atoms with E-state index in [0.29, 0.717) is 27.9 Å². The number of hydrogen-bond acceptors (Lipinski definition) is 6. The second-order valence-corrected chi connectivity index (χ2v) is 7.01. The number of hydrazone groups is 1. The van der Waals surface area contributed by atoms with Crippen LogP contribution in [0.5, 0.6) is 11.5 Å². The third-order valence-electron chi connectivity index (χ3n) is 3.71. The van der Waals surface area contributed by atoms with Crippen LogP contribution < -0.4 is 10.2 Å². The number of nitrogens with zero attached hydrogens (tertiary/aromatic N) is 2. The number of nitro groups is 1. The number of phenolic OH excluding ortho intramolecular Hbond substituents is 1. The number of carbonyl (C=O) groups excluding carboxylic acids is 1. The zero-order valence-corrected chi connectivity index (χ0v) is 17.5. The summed E-state index contributed by atoms with van der Waals surface area (Å²) in [6, 6.07) is 5.03. The molecule has 8 nitrogen and oxygen atoms in total. The number of nitrogens with one attached hydrogen (secondary N) is 1. The first-order valence-corrected chi connectivity index (χ1v) is 9.42. The van der Waals surface area contributed by atoms with Crippen LogP contribution in [0.2, 0.25) is 0 Å². The van der Waals surface area contributed by atoms with Gasteiger partial charge in [0.15, 0.2) is 11.5 Å². The molecule has 0 heterocycles. The van der Waals surface area contributed by atoms with Gasteiger partial charge in [-0.1, -0.05) is 6.07 Å². The first-order chi connectivity index (χ1) is 14.0. The molecule has 160 valence electrons. The molecule has 2 aromatic rings. The van der Waals surface area contributed by atoms with Crippen molar-refractivity contribution in [3.8, 4) is 11.5 Å².